The van der Waals surface area contributed by atoms with Gasteiger partial charge >= 0.3 is 0 Å². The van der Waals surface area contributed by atoms with Gasteiger partial charge in [-0.15, -0.1) is 10.2 Å². The van der Waals surface area contributed by atoms with E-state index < -0.39 is 10.0 Å². The molecule has 0 saturated carbocycles. The number of ether oxygens (including phenoxy) is 1. The molecular formula is C17H16ClN3O4S. The van der Waals surface area contributed by atoms with Gasteiger partial charge in [0, 0.05) is 13.0 Å². The number of hydrogen-bond acceptors (Lipinski definition) is 6. The first kappa shape index (κ1) is 18.4. The maximum atomic E-state index is 12.3. The fourth-order valence-corrected chi connectivity index (χ4v) is 3.48. The van der Waals surface area contributed by atoms with Crippen molar-refractivity contribution in [3.8, 4) is 17.2 Å². The Morgan fingerprint density at radius 2 is 1.85 bits per heavy atom. The Kier molecular flexibility index (Phi) is 5.55. The minimum Gasteiger partial charge on any atom is -0.497 e. The fourth-order valence-electron chi connectivity index (χ4n) is 2.23. The van der Waals surface area contributed by atoms with Crippen LogP contribution >= 0.6 is 11.6 Å². The normalized spacial score (nSPS) is 11.5. The molecule has 0 aliphatic rings. The number of halogens is 1. The van der Waals surface area contributed by atoms with Crippen molar-refractivity contribution in [3.63, 3.8) is 0 Å². The molecule has 0 amide bonds. The molecule has 0 atom stereocenters. The monoisotopic (exact) mass is 393 g/mol. The molecule has 7 nitrogen and oxygen atoms in total. The number of hydrogen-bond donors (Lipinski definition) is 1. The van der Waals surface area contributed by atoms with Crippen molar-refractivity contribution in [2.45, 2.75) is 11.3 Å². The minimum absolute atomic E-state index is 0.124. The predicted molar refractivity (Wildman–Crippen MR) is 96.6 cm³/mol. The average molecular weight is 394 g/mol. The Morgan fingerprint density at radius 1 is 1.12 bits per heavy atom. The third kappa shape index (κ3) is 4.21. The molecule has 136 valence electrons. The summed E-state index contributed by atoms with van der Waals surface area (Å²) in [6.45, 7) is 0.124. The van der Waals surface area contributed by atoms with Crippen LogP contribution in [0.2, 0.25) is 5.02 Å². The van der Waals surface area contributed by atoms with Gasteiger partial charge < -0.3 is 9.15 Å². The molecule has 0 radical (unpaired) electrons. The van der Waals surface area contributed by atoms with E-state index >= 15 is 0 Å². The molecule has 1 heterocycles. The van der Waals surface area contributed by atoms with E-state index in [-0.39, 0.29) is 17.9 Å². The summed E-state index contributed by atoms with van der Waals surface area (Å²) in [5.41, 5.74) is 0.631. The number of aromatic nitrogens is 2. The number of sulfonamides is 1. The third-order valence-corrected chi connectivity index (χ3v) is 5.38. The van der Waals surface area contributed by atoms with Gasteiger partial charge in [0.25, 0.3) is 0 Å². The van der Waals surface area contributed by atoms with Gasteiger partial charge in [-0.2, -0.15) is 0 Å². The quantitative estimate of drug-likeness (QED) is 0.663. The van der Waals surface area contributed by atoms with Gasteiger partial charge in [-0.25, -0.2) is 13.1 Å². The summed E-state index contributed by atoms with van der Waals surface area (Å²) in [5.74, 6) is 1.20. The van der Waals surface area contributed by atoms with Gasteiger partial charge in [0.05, 0.1) is 22.6 Å². The van der Waals surface area contributed by atoms with Crippen LogP contribution in [0.4, 0.5) is 0 Å². The SMILES string of the molecule is COc1ccc(S(=O)(=O)NCCc2nnc(-c3ccccc3Cl)o2)cc1. The number of nitrogens with one attached hydrogen (secondary N) is 1. The maximum Gasteiger partial charge on any atom is 0.249 e. The lowest BCUT2D eigenvalue weighted by atomic mass is 10.2. The van der Waals surface area contributed by atoms with E-state index in [1.807, 2.05) is 6.07 Å². The summed E-state index contributed by atoms with van der Waals surface area (Å²) in [6.07, 6.45) is 0.257. The van der Waals surface area contributed by atoms with Crippen LogP contribution in [0.15, 0.2) is 57.8 Å². The Labute approximate surface area is 156 Å². The largest absolute Gasteiger partial charge is 0.497 e. The summed E-state index contributed by atoms with van der Waals surface area (Å²) < 4.78 is 37.6. The second-order valence-electron chi connectivity index (χ2n) is 5.30. The molecule has 0 aliphatic carbocycles. The fraction of sp³-hybridized carbons (Fsp3) is 0.176. The molecule has 0 unspecified atom stereocenters. The molecule has 0 spiro atoms. The van der Waals surface area contributed by atoms with E-state index in [4.69, 9.17) is 20.8 Å². The maximum absolute atomic E-state index is 12.3. The van der Waals surface area contributed by atoms with Crippen molar-refractivity contribution in [1.29, 1.82) is 0 Å². The summed E-state index contributed by atoms with van der Waals surface area (Å²) in [7, 11) is -2.11. The topological polar surface area (TPSA) is 94.3 Å². The number of nitrogens with zero attached hydrogens (tertiary/aromatic N) is 2. The average Bonchev–Trinajstić information content (AvgIpc) is 3.10. The van der Waals surface area contributed by atoms with E-state index in [1.165, 1.54) is 19.2 Å². The second kappa shape index (κ2) is 7.86. The molecule has 0 bridgehead atoms. The van der Waals surface area contributed by atoms with Gasteiger partial charge in [-0.05, 0) is 36.4 Å². The summed E-state index contributed by atoms with van der Waals surface area (Å²) in [5, 5.41) is 8.37. The van der Waals surface area contributed by atoms with E-state index in [2.05, 4.69) is 14.9 Å². The van der Waals surface area contributed by atoms with Crippen LogP contribution in [0.5, 0.6) is 5.75 Å². The number of rotatable bonds is 7. The lowest BCUT2D eigenvalue weighted by molar-refractivity contribution is 0.414. The summed E-state index contributed by atoms with van der Waals surface area (Å²) >= 11 is 6.09. The number of benzene rings is 2. The van der Waals surface area contributed by atoms with Crippen LogP contribution in [-0.4, -0.2) is 32.3 Å². The highest BCUT2D eigenvalue weighted by atomic mass is 35.5. The van der Waals surface area contributed by atoms with Crippen LogP contribution in [0.3, 0.4) is 0 Å². The van der Waals surface area contributed by atoms with Crippen molar-refractivity contribution >= 4 is 21.6 Å². The zero-order valence-electron chi connectivity index (χ0n) is 13.8. The Morgan fingerprint density at radius 3 is 2.54 bits per heavy atom. The molecule has 1 aromatic heterocycles. The first-order valence-electron chi connectivity index (χ1n) is 7.70. The van der Waals surface area contributed by atoms with Crippen molar-refractivity contribution in [1.82, 2.24) is 14.9 Å². The Balaban J connectivity index is 1.62. The third-order valence-electron chi connectivity index (χ3n) is 3.57. The molecule has 3 aromatic rings. The van der Waals surface area contributed by atoms with Crippen LogP contribution < -0.4 is 9.46 Å². The standard InChI is InChI=1S/C17H16ClN3O4S/c1-24-12-6-8-13(9-7-12)26(22,23)19-11-10-16-20-21-17(25-16)14-4-2-3-5-15(14)18/h2-9,19H,10-11H2,1H3. The predicted octanol–water partition coefficient (Wildman–Crippen LogP) is 2.92. The Bertz CT molecular complexity index is 987. The van der Waals surface area contributed by atoms with E-state index in [1.54, 1.807) is 30.3 Å². The zero-order chi connectivity index (χ0) is 18.6. The first-order valence-corrected chi connectivity index (χ1v) is 9.57. The van der Waals surface area contributed by atoms with E-state index in [0.717, 1.165) is 0 Å². The molecule has 1 N–H and O–H groups in total. The molecule has 9 heteroatoms. The highest BCUT2D eigenvalue weighted by Gasteiger charge is 2.15. The zero-order valence-corrected chi connectivity index (χ0v) is 15.4. The first-order chi connectivity index (χ1) is 12.5. The van der Waals surface area contributed by atoms with Crippen LogP contribution in [0, 0.1) is 0 Å². The molecule has 3 rings (SSSR count). The van der Waals surface area contributed by atoms with Gasteiger partial charge in [0.1, 0.15) is 5.75 Å². The second-order valence-corrected chi connectivity index (χ2v) is 7.48. The van der Waals surface area contributed by atoms with E-state index in [0.29, 0.717) is 28.1 Å². The molecule has 0 fully saturated rings. The molecule has 2 aromatic carbocycles. The molecule has 0 aliphatic heterocycles. The highest BCUT2D eigenvalue weighted by molar-refractivity contribution is 7.89. The van der Waals surface area contributed by atoms with Crippen LogP contribution in [0.1, 0.15) is 5.89 Å². The molecule has 26 heavy (non-hydrogen) atoms. The minimum atomic E-state index is -3.62. The van der Waals surface area contributed by atoms with Crippen molar-refractivity contribution in [3.05, 3.63) is 59.4 Å². The lowest BCUT2D eigenvalue weighted by Gasteiger charge is -2.06. The van der Waals surface area contributed by atoms with Gasteiger partial charge in [-0.1, -0.05) is 23.7 Å². The molecular weight excluding hydrogens is 378 g/mol. The molecule has 0 saturated heterocycles. The number of methoxy groups -OCH3 is 1. The highest BCUT2D eigenvalue weighted by Crippen LogP contribution is 2.26. The van der Waals surface area contributed by atoms with Crippen molar-refractivity contribution < 1.29 is 17.6 Å². The van der Waals surface area contributed by atoms with Crippen LogP contribution in [0.25, 0.3) is 11.5 Å². The summed E-state index contributed by atoms with van der Waals surface area (Å²) in [6, 6.07) is 13.2. The van der Waals surface area contributed by atoms with E-state index in [9.17, 15) is 8.42 Å². The smallest absolute Gasteiger partial charge is 0.249 e. The van der Waals surface area contributed by atoms with Gasteiger partial charge in [0.15, 0.2) is 0 Å². The lowest BCUT2D eigenvalue weighted by Crippen LogP contribution is -2.26. The van der Waals surface area contributed by atoms with Crippen molar-refractivity contribution in [2.24, 2.45) is 0 Å². The van der Waals surface area contributed by atoms with Crippen molar-refractivity contribution in [2.75, 3.05) is 13.7 Å². The van der Waals surface area contributed by atoms with Gasteiger partial charge in [-0.3, -0.25) is 0 Å². The Hall–Kier alpha value is -2.42. The summed E-state index contributed by atoms with van der Waals surface area (Å²) in [4.78, 5) is 0.153. The van der Waals surface area contributed by atoms with Gasteiger partial charge in [0.2, 0.25) is 21.8 Å². The van der Waals surface area contributed by atoms with Crippen LogP contribution in [-0.2, 0) is 16.4 Å².